The molecule has 0 saturated carbocycles. The predicted molar refractivity (Wildman–Crippen MR) is 58.4 cm³/mol. The summed E-state index contributed by atoms with van der Waals surface area (Å²) in [5.41, 5.74) is -0.155. The van der Waals surface area contributed by atoms with Gasteiger partial charge in [0.2, 0.25) is 0 Å². The highest BCUT2D eigenvalue weighted by molar-refractivity contribution is 5.68. The molecule has 3 heteroatoms. The molecule has 0 aliphatic heterocycles. The van der Waals surface area contributed by atoms with Gasteiger partial charge in [0.15, 0.2) is 0 Å². The Morgan fingerprint density at radius 3 is 2.21 bits per heavy atom. The van der Waals surface area contributed by atoms with Gasteiger partial charge in [-0.2, -0.15) is 0 Å². The summed E-state index contributed by atoms with van der Waals surface area (Å²) < 4.78 is 5.15. The Morgan fingerprint density at radius 1 is 1.29 bits per heavy atom. The fourth-order valence-electron chi connectivity index (χ4n) is 1.26. The van der Waals surface area contributed by atoms with Crippen molar-refractivity contribution in [2.24, 2.45) is 0 Å². The topological polar surface area (TPSA) is 29.5 Å². The molecule has 3 nitrogen and oxygen atoms in total. The lowest BCUT2D eigenvalue weighted by Gasteiger charge is -2.33. The number of hydrogen-bond donors (Lipinski definition) is 0. The largest absolute Gasteiger partial charge is 0.449 e. The Bertz CT molecular complexity index is 173. The van der Waals surface area contributed by atoms with Gasteiger partial charge >= 0.3 is 6.09 Å². The molecule has 0 bridgehead atoms. The molecule has 0 spiro atoms. The quantitative estimate of drug-likeness (QED) is 0.654. The summed E-state index contributed by atoms with van der Waals surface area (Å²) in [7, 11) is 0. The van der Waals surface area contributed by atoms with E-state index < -0.39 is 0 Å². The van der Waals surface area contributed by atoms with Crippen molar-refractivity contribution < 1.29 is 9.53 Å². The van der Waals surface area contributed by atoms with Crippen LogP contribution in [0.3, 0.4) is 0 Å². The van der Waals surface area contributed by atoms with E-state index in [-0.39, 0.29) is 11.6 Å². The summed E-state index contributed by atoms with van der Waals surface area (Å²) >= 11 is 0. The maximum absolute atomic E-state index is 11.6. The zero-order valence-electron chi connectivity index (χ0n) is 10.1. The smallest absolute Gasteiger partial charge is 0.410 e. The fourth-order valence-corrected chi connectivity index (χ4v) is 1.26. The molecule has 14 heavy (non-hydrogen) atoms. The van der Waals surface area contributed by atoms with Gasteiger partial charge in [-0.25, -0.2) is 4.79 Å². The molecule has 0 aliphatic rings. The number of rotatable bonds is 4. The molecule has 0 heterocycles. The molecule has 0 fully saturated rings. The van der Waals surface area contributed by atoms with Crippen molar-refractivity contribution in [1.29, 1.82) is 0 Å². The summed E-state index contributed by atoms with van der Waals surface area (Å²) in [6.45, 7) is 11.3. The second-order valence-electron chi connectivity index (χ2n) is 4.38. The van der Waals surface area contributed by atoms with Gasteiger partial charge in [0, 0.05) is 12.1 Å². The van der Waals surface area contributed by atoms with Gasteiger partial charge in [-0.3, -0.25) is 0 Å². The van der Waals surface area contributed by atoms with E-state index in [9.17, 15) is 4.79 Å². The molecule has 0 atom stereocenters. The van der Waals surface area contributed by atoms with Crippen molar-refractivity contribution in [3.63, 3.8) is 0 Å². The van der Waals surface area contributed by atoms with Crippen LogP contribution >= 0.6 is 0 Å². The Hall–Kier alpha value is -0.730. The third-order valence-corrected chi connectivity index (χ3v) is 2.07. The first-order valence-corrected chi connectivity index (χ1v) is 5.37. The van der Waals surface area contributed by atoms with E-state index in [0.29, 0.717) is 13.2 Å². The molecule has 0 aliphatic carbocycles. The van der Waals surface area contributed by atoms with Crippen LogP contribution in [-0.2, 0) is 4.74 Å². The Labute approximate surface area is 87.4 Å². The van der Waals surface area contributed by atoms with Gasteiger partial charge in [-0.1, -0.05) is 13.3 Å². The normalized spacial score (nSPS) is 11.2. The van der Waals surface area contributed by atoms with Crippen LogP contribution in [-0.4, -0.2) is 29.7 Å². The third-order valence-electron chi connectivity index (χ3n) is 2.07. The third kappa shape index (κ3) is 4.49. The summed E-state index contributed by atoms with van der Waals surface area (Å²) in [5.74, 6) is 0. The molecule has 0 saturated heterocycles. The Kier molecular flexibility index (Phi) is 5.58. The van der Waals surface area contributed by atoms with E-state index in [2.05, 4.69) is 6.92 Å². The summed E-state index contributed by atoms with van der Waals surface area (Å²) in [6.07, 6.45) is 1.79. The van der Waals surface area contributed by atoms with Crippen LogP contribution in [0.25, 0.3) is 0 Å². The number of amides is 1. The van der Waals surface area contributed by atoms with E-state index in [4.69, 9.17) is 4.74 Å². The molecule has 0 N–H and O–H groups in total. The van der Waals surface area contributed by atoms with Crippen molar-refractivity contribution in [3.8, 4) is 0 Å². The van der Waals surface area contributed by atoms with E-state index in [1.807, 2.05) is 27.7 Å². The minimum Gasteiger partial charge on any atom is -0.449 e. The minimum absolute atomic E-state index is 0.155. The average Bonchev–Trinajstić information content (AvgIpc) is 2.03. The van der Waals surface area contributed by atoms with Crippen LogP contribution in [0.4, 0.5) is 4.79 Å². The predicted octanol–water partition coefficient (Wildman–Crippen LogP) is 3.04. The highest BCUT2D eigenvalue weighted by atomic mass is 16.6. The van der Waals surface area contributed by atoms with Crippen LogP contribution in [0, 0.1) is 0 Å². The molecule has 1 amide bonds. The van der Waals surface area contributed by atoms with Gasteiger partial charge in [0.25, 0.3) is 0 Å². The molecule has 0 aromatic rings. The first-order chi connectivity index (χ1) is 6.43. The maximum Gasteiger partial charge on any atom is 0.410 e. The van der Waals surface area contributed by atoms with Crippen LogP contribution in [0.2, 0.25) is 0 Å². The van der Waals surface area contributed by atoms with Crippen molar-refractivity contribution in [2.45, 2.75) is 53.0 Å². The lowest BCUT2D eigenvalue weighted by atomic mass is 10.1. The van der Waals surface area contributed by atoms with Crippen molar-refractivity contribution >= 4 is 6.09 Å². The Balaban J connectivity index is 4.06. The lowest BCUT2D eigenvalue weighted by Crippen LogP contribution is -2.45. The number of nitrogens with zero attached hydrogens (tertiary/aromatic N) is 1. The molecule has 0 unspecified atom stereocenters. The first-order valence-electron chi connectivity index (χ1n) is 5.37. The second kappa shape index (κ2) is 5.89. The second-order valence-corrected chi connectivity index (χ2v) is 4.38. The summed E-state index contributed by atoms with van der Waals surface area (Å²) in [5, 5.41) is 0. The summed E-state index contributed by atoms with van der Waals surface area (Å²) in [6, 6.07) is 0. The minimum atomic E-state index is -0.201. The first kappa shape index (κ1) is 13.3. The molecule has 0 rings (SSSR count). The van der Waals surface area contributed by atoms with Crippen molar-refractivity contribution in [3.05, 3.63) is 0 Å². The van der Waals surface area contributed by atoms with E-state index in [0.717, 1.165) is 12.8 Å². The van der Waals surface area contributed by atoms with Crippen molar-refractivity contribution in [2.75, 3.05) is 13.2 Å². The molecule has 0 aromatic carbocycles. The standard InChI is InChI=1S/C11H23NO2/c1-6-8-9-14-10(13)12(7-2)11(3,4)5/h6-9H2,1-5H3. The van der Waals surface area contributed by atoms with Crippen LogP contribution in [0.15, 0.2) is 0 Å². The highest BCUT2D eigenvalue weighted by Crippen LogP contribution is 2.14. The van der Waals surface area contributed by atoms with Gasteiger partial charge in [-0.05, 0) is 34.1 Å². The highest BCUT2D eigenvalue weighted by Gasteiger charge is 2.25. The molecular formula is C11H23NO2. The molecular weight excluding hydrogens is 178 g/mol. The molecule has 0 radical (unpaired) electrons. The van der Waals surface area contributed by atoms with Crippen LogP contribution < -0.4 is 0 Å². The number of unbranched alkanes of at least 4 members (excludes halogenated alkanes) is 1. The van der Waals surface area contributed by atoms with Gasteiger partial charge in [-0.15, -0.1) is 0 Å². The molecule has 84 valence electrons. The molecule has 0 aromatic heterocycles. The lowest BCUT2D eigenvalue weighted by molar-refractivity contribution is 0.0698. The fraction of sp³-hybridized carbons (Fsp3) is 0.909. The zero-order valence-corrected chi connectivity index (χ0v) is 10.1. The average molecular weight is 201 g/mol. The maximum atomic E-state index is 11.6. The van der Waals surface area contributed by atoms with Gasteiger partial charge < -0.3 is 9.64 Å². The van der Waals surface area contributed by atoms with Gasteiger partial charge in [0.05, 0.1) is 6.61 Å². The van der Waals surface area contributed by atoms with Gasteiger partial charge in [0.1, 0.15) is 0 Å². The van der Waals surface area contributed by atoms with Crippen molar-refractivity contribution in [1.82, 2.24) is 4.90 Å². The number of carbonyl (C=O) groups is 1. The zero-order chi connectivity index (χ0) is 11.2. The van der Waals surface area contributed by atoms with Crippen LogP contribution in [0.5, 0.6) is 0 Å². The summed E-state index contributed by atoms with van der Waals surface area (Å²) in [4.78, 5) is 13.3. The number of carbonyl (C=O) groups excluding carboxylic acids is 1. The Morgan fingerprint density at radius 2 is 1.86 bits per heavy atom. The van der Waals surface area contributed by atoms with E-state index in [1.165, 1.54) is 0 Å². The monoisotopic (exact) mass is 201 g/mol. The van der Waals surface area contributed by atoms with Crippen LogP contribution in [0.1, 0.15) is 47.5 Å². The number of hydrogen-bond acceptors (Lipinski definition) is 2. The number of ether oxygens (including phenoxy) is 1. The van der Waals surface area contributed by atoms with E-state index >= 15 is 0 Å². The van der Waals surface area contributed by atoms with E-state index in [1.54, 1.807) is 4.90 Å². The SMILES string of the molecule is CCCCOC(=O)N(CC)C(C)(C)C.